The van der Waals surface area contributed by atoms with Crippen molar-refractivity contribution in [3.63, 3.8) is 0 Å². The molecular formula is C6H11NO2. The fourth-order valence-corrected chi connectivity index (χ4v) is 0. The fourth-order valence-electron chi connectivity index (χ4n) is 0. The molecule has 9 heavy (non-hydrogen) atoms. The lowest BCUT2D eigenvalue weighted by atomic mass is 10.5. The van der Waals surface area contributed by atoms with Crippen molar-refractivity contribution in [1.29, 1.82) is 0 Å². The van der Waals surface area contributed by atoms with Gasteiger partial charge in [0.15, 0.2) is 0 Å². The van der Waals surface area contributed by atoms with Crippen LogP contribution in [0.5, 0.6) is 0 Å². The molecule has 0 atom stereocenters. The second kappa shape index (κ2) is 10.1. The Kier molecular flexibility index (Phi) is 12.2. The Morgan fingerprint density at radius 1 is 1.89 bits per heavy atom. The first-order chi connectivity index (χ1) is 4.18. The van der Waals surface area contributed by atoms with Gasteiger partial charge in [-0.3, -0.25) is 4.79 Å². The van der Waals surface area contributed by atoms with Crippen LogP contribution in [0.15, 0.2) is 0 Å². The van der Waals surface area contributed by atoms with Gasteiger partial charge in [-0.25, -0.2) is 0 Å². The van der Waals surface area contributed by atoms with Crippen molar-refractivity contribution in [3.8, 4) is 12.3 Å². The second-order valence-electron chi connectivity index (χ2n) is 1.16. The summed E-state index contributed by atoms with van der Waals surface area (Å²) < 4.78 is 0. The molecular weight excluding hydrogens is 118 g/mol. The van der Waals surface area contributed by atoms with E-state index in [0.29, 0.717) is 0 Å². The normalized spacial score (nSPS) is 6.33. The van der Waals surface area contributed by atoms with Gasteiger partial charge in [-0.2, -0.15) is 0 Å². The molecule has 0 amide bonds. The van der Waals surface area contributed by atoms with Crippen molar-refractivity contribution in [3.05, 3.63) is 0 Å². The van der Waals surface area contributed by atoms with E-state index >= 15 is 0 Å². The minimum absolute atomic E-state index is 0.278. The predicted octanol–water partition coefficient (Wildman–Crippen LogP) is 0.0593. The van der Waals surface area contributed by atoms with Crippen LogP contribution >= 0.6 is 0 Å². The highest BCUT2D eigenvalue weighted by Crippen LogP contribution is 1.58. The molecule has 0 aromatic heterocycles. The first-order valence-electron chi connectivity index (χ1n) is 2.54. The molecule has 0 radical (unpaired) electrons. The number of hydrogen-bond donors (Lipinski definition) is 2. The Hall–Kier alpha value is -1.01. The van der Waals surface area contributed by atoms with Gasteiger partial charge in [0.1, 0.15) is 0 Å². The Bertz CT molecular complexity index is 104. The zero-order valence-electron chi connectivity index (χ0n) is 5.42. The SMILES string of the molecule is C#CCC.NCC(=O)O. The number of carboxylic acids is 1. The molecule has 0 aromatic carbocycles. The minimum Gasteiger partial charge on any atom is -0.480 e. The molecule has 0 fully saturated rings. The summed E-state index contributed by atoms with van der Waals surface area (Å²) in [4.78, 5) is 9.24. The van der Waals surface area contributed by atoms with Crippen molar-refractivity contribution < 1.29 is 9.90 Å². The Morgan fingerprint density at radius 2 is 2.11 bits per heavy atom. The smallest absolute Gasteiger partial charge is 0.317 e. The number of carboxylic acid groups (broad SMARTS) is 1. The molecule has 3 heteroatoms. The molecule has 0 aliphatic rings. The lowest BCUT2D eigenvalue weighted by Gasteiger charge is -1.73. The van der Waals surface area contributed by atoms with E-state index in [0.717, 1.165) is 6.42 Å². The molecule has 0 unspecified atom stereocenters. The van der Waals surface area contributed by atoms with E-state index in [1.165, 1.54) is 0 Å². The summed E-state index contributed by atoms with van der Waals surface area (Å²) >= 11 is 0. The van der Waals surface area contributed by atoms with E-state index < -0.39 is 5.97 Å². The van der Waals surface area contributed by atoms with Crippen LogP contribution in [0.1, 0.15) is 13.3 Å². The van der Waals surface area contributed by atoms with E-state index in [1.54, 1.807) is 0 Å². The quantitative estimate of drug-likeness (QED) is 0.492. The summed E-state index contributed by atoms with van der Waals surface area (Å²) in [6.45, 7) is 1.67. The number of nitrogens with two attached hydrogens (primary N) is 1. The van der Waals surface area contributed by atoms with Gasteiger partial charge >= 0.3 is 5.97 Å². The summed E-state index contributed by atoms with van der Waals surface area (Å²) in [5, 5.41) is 7.60. The number of hydrogen-bond acceptors (Lipinski definition) is 2. The summed E-state index contributed by atoms with van der Waals surface area (Å²) in [6.07, 6.45) is 5.62. The van der Waals surface area contributed by atoms with Crippen LogP contribution < -0.4 is 5.73 Å². The highest BCUT2D eigenvalue weighted by atomic mass is 16.4. The van der Waals surface area contributed by atoms with Gasteiger partial charge in [-0.15, -0.1) is 12.3 Å². The van der Waals surface area contributed by atoms with Gasteiger partial charge in [-0.1, -0.05) is 6.92 Å². The molecule has 0 spiro atoms. The molecule has 0 aliphatic carbocycles. The molecule has 0 rings (SSSR count). The van der Waals surface area contributed by atoms with Crippen LogP contribution in [0.4, 0.5) is 0 Å². The van der Waals surface area contributed by atoms with Crippen LogP contribution in [0, 0.1) is 12.3 Å². The molecule has 3 nitrogen and oxygen atoms in total. The Balaban J connectivity index is 0. The lowest BCUT2D eigenvalue weighted by Crippen LogP contribution is -2.10. The Morgan fingerprint density at radius 3 is 2.11 bits per heavy atom. The average molecular weight is 129 g/mol. The van der Waals surface area contributed by atoms with E-state index in [2.05, 4.69) is 11.7 Å². The number of aliphatic carboxylic acids is 1. The molecule has 0 aromatic rings. The van der Waals surface area contributed by atoms with Gasteiger partial charge < -0.3 is 10.8 Å². The van der Waals surface area contributed by atoms with Gasteiger partial charge in [0.25, 0.3) is 0 Å². The molecule has 0 saturated carbocycles. The van der Waals surface area contributed by atoms with Crippen molar-refractivity contribution in [2.75, 3.05) is 6.54 Å². The maximum absolute atomic E-state index is 9.24. The van der Waals surface area contributed by atoms with Crippen molar-refractivity contribution >= 4 is 5.97 Å². The summed E-state index contributed by atoms with van der Waals surface area (Å²) in [5.74, 6) is 1.46. The molecule has 0 bridgehead atoms. The fraction of sp³-hybridized carbons (Fsp3) is 0.500. The first kappa shape index (κ1) is 10.9. The van der Waals surface area contributed by atoms with Crippen LogP contribution in [-0.2, 0) is 4.79 Å². The van der Waals surface area contributed by atoms with E-state index in [9.17, 15) is 4.79 Å². The second-order valence-corrected chi connectivity index (χ2v) is 1.16. The summed E-state index contributed by atoms with van der Waals surface area (Å²) in [7, 11) is 0. The molecule has 0 heterocycles. The molecule has 52 valence electrons. The number of terminal acetylenes is 1. The standard InChI is InChI=1S/C4H6.C2H5NO2/c1-3-4-2;3-1-2(4)5/h1H,4H2,2H3;1,3H2,(H,4,5). The summed E-state index contributed by atoms with van der Waals surface area (Å²) in [5.41, 5.74) is 4.57. The van der Waals surface area contributed by atoms with Gasteiger partial charge in [0.2, 0.25) is 0 Å². The van der Waals surface area contributed by atoms with Gasteiger partial charge in [-0.05, 0) is 0 Å². The van der Waals surface area contributed by atoms with Gasteiger partial charge in [0.05, 0.1) is 6.54 Å². The molecule has 0 saturated heterocycles. The van der Waals surface area contributed by atoms with E-state index in [4.69, 9.17) is 11.5 Å². The van der Waals surface area contributed by atoms with Gasteiger partial charge in [0, 0.05) is 6.42 Å². The minimum atomic E-state index is -0.968. The van der Waals surface area contributed by atoms with E-state index in [-0.39, 0.29) is 6.54 Å². The van der Waals surface area contributed by atoms with Crippen molar-refractivity contribution in [2.24, 2.45) is 5.73 Å². The van der Waals surface area contributed by atoms with Crippen LogP contribution in [0.3, 0.4) is 0 Å². The zero-order valence-corrected chi connectivity index (χ0v) is 5.42. The molecule has 0 aliphatic heterocycles. The lowest BCUT2D eigenvalue weighted by molar-refractivity contribution is -0.135. The number of carbonyl (C=O) groups is 1. The highest BCUT2D eigenvalue weighted by molar-refractivity contribution is 5.68. The average Bonchev–Trinajstić information content (AvgIpc) is 1.89. The van der Waals surface area contributed by atoms with Crippen molar-refractivity contribution in [1.82, 2.24) is 0 Å². The monoisotopic (exact) mass is 129 g/mol. The zero-order chi connectivity index (χ0) is 7.70. The Labute approximate surface area is 54.9 Å². The predicted molar refractivity (Wildman–Crippen MR) is 35.8 cm³/mol. The highest BCUT2D eigenvalue weighted by Gasteiger charge is 1.81. The largest absolute Gasteiger partial charge is 0.480 e. The topological polar surface area (TPSA) is 63.3 Å². The summed E-state index contributed by atoms with van der Waals surface area (Å²) in [6, 6.07) is 0. The van der Waals surface area contributed by atoms with Crippen LogP contribution in [0.2, 0.25) is 0 Å². The molecule has 3 N–H and O–H groups in total. The third-order valence-corrected chi connectivity index (χ3v) is 0.379. The maximum atomic E-state index is 9.24. The van der Waals surface area contributed by atoms with Crippen LogP contribution in [0.25, 0.3) is 0 Å². The van der Waals surface area contributed by atoms with E-state index in [1.807, 2.05) is 6.92 Å². The first-order valence-corrected chi connectivity index (χ1v) is 2.54. The maximum Gasteiger partial charge on any atom is 0.317 e. The third-order valence-electron chi connectivity index (χ3n) is 0.379. The number of rotatable bonds is 1. The third kappa shape index (κ3) is 44.0. The van der Waals surface area contributed by atoms with Crippen LogP contribution in [-0.4, -0.2) is 17.6 Å². The van der Waals surface area contributed by atoms with Crippen molar-refractivity contribution in [2.45, 2.75) is 13.3 Å².